The molecule has 1 unspecified atom stereocenters. The van der Waals surface area contributed by atoms with Crippen LogP contribution in [-0.4, -0.2) is 27.1 Å². The van der Waals surface area contributed by atoms with Crippen molar-refractivity contribution in [1.82, 2.24) is 9.55 Å². The summed E-state index contributed by atoms with van der Waals surface area (Å²) < 4.78 is 2.29. The summed E-state index contributed by atoms with van der Waals surface area (Å²) in [6.45, 7) is 1.08. The highest BCUT2D eigenvalue weighted by Crippen LogP contribution is 2.37. The number of nitrogens with one attached hydrogen (secondary N) is 1. The van der Waals surface area contributed by atoms with Crippen molar-refractivity contribution in [1.29, 1.82) is 0 Å². The van der Waals surface area contributed by atoms with Gasteiger partial charge in [-0.05, 0) is 31.4 Å². The third kappa shape index (κ3) is 2.14. The summed E-state index contributed by atoms with van der Waals surface area (Å²) in [6.07, 6.45) is 9.40. The molecule has 0 amide bonds. The predicted molar refractivity (Wildman–Crippen MR) is 64.5 cm³/mol. The molecule has 2 fully saturated rings. The van der Waals surface area contributed by atoms with Crippen LogP contribution < -0.4 is 5.32 Å². The molecule has 1 aromatic rings. The minimum Gasteiger partial charge on any atom is -0.355 e. The molecule has 1 aliphatic carbocycles. The average molecular weight is 223 g/mol. The molecule has 1 saturated carbocycles. The predicted octanol–water partition coefficient (Wildman–Crippen LogP) is 2.53. The van der Waals surface area contributed by atoms with Crippen LogP contribution in [-0.2, 0) is 0 Å². The largest absolute Gasteiger partial charge is 0.355 e. The number of rotatable bonds is 4. The molecule has 82 valence electrons. The van der Waals surface area contributed by atoms with E-state index in [2.05, 4.69) is 32.8 Å². The van der Waals surface area contributed by atoms with Crippen molar-refractivity contribution in [3.05, 3.63) is 12.4 Å². The molecule has 1 N–H and O–H groups in total. The number of nitrogens with zero attached hydrogens (tertiary/aromatic N) is 2. The summed E-state index contributed by atoms with van der Waals surface area (Å²) in [5, 5.41) is 4.29. The van der Waals surface area contributed by atoms with Crippen molar-refractivity contribution in [3.63, 3.8) is 0 Å². The highest BCUT2D eigenvalue weighted by Gasteiger charge is 2.25. The van der Waals surface area contributed by atoms with Gasteiger partial charge in [-0.15, -0.1) is 0 Å². The summed E-state index contributed by atoms with van der Waals surface area (Å²) >= 11 is 2.09. The van der Waals surface area contributed by atoms with Gasteiger partial charge in [0.15, 0.2) is 0 Å². The van der Waals surface area contributed by atoms with Crippen LogP contribution in [0.1, 0.15) is 31.7 Å². The van der Waals surface area contributed by atoms with Gasteiger partial charge >= 0.3 is 0 Å². The molecular weight excluding hydrogens is 206 g/mol. The molecular formula is C11H17N3S. The Morgan fingerprint density at radius 2 is 2.40 bits per heavy atom. The van der Waals surface area contributed by atoms with E-state index in [-0.39, 0.29) is 0 Å². The quantitative estimate of drug-likeness (QED) is 0.850. The molecule has 1 aromatic heterocycles. The van der Waals surface area contributed by atoms with Crippen molar-refractivity contribution >= 4 is 17.7 Å². The lowest BCUT2D eigenvalue weighted by Gasteiger charge is -2.12. The summed E-state index contributed by atoms with van der Waals surface area (Å²) in [7, 11) is 0. The first-order chi connectivity index (χ1) is 7.43. The lowest BCUT2D eigenvalue weighted by Crippen LogP contribution is -2.16. The molecule has 0 bridgehead atoms. The molecule has 0 aromatic carbocycles. The zero-order chi connectivity index (χ0) is 10.1. The lowest BCUT2D eigenvalue weighted by molar-refractivity contribution is 0.733. The number of thioether (sulfide) groups is 1. The third-order valence-electron chi connectivity index (χ3n) is 3.12. The van der Waals surface area contributed by atoms with Crippen LogP contribution in [0, 0.1) is 0 Å². The molecule has 4 heteroatoms. The van der Waals surface area contributed by atoms with E-state index >= 15 is 0 Å². The van der Waals surface area contributed by atoms with E-state index in [0.29, 0.717) is 0 Å². The Morgan fingerprint density at radius 3 is 3.13 bits per heavy atom. The molecule has 3 nitrogen and oxygen atoms in total. The standard InChI is InChI=1S/C11H17N3S/c1-2-10(15-7-1)8-13-11-12-5-6-14(11)9-3-4-9/h5-6,9-10H,1-4,7-8H2,(H,12,13). The zero-order valence-corrected chi connectivity index (χ0v) is 9.67. The monoisotopic (exact) mass is 223 g/mol. The Kier molecular flexibility index (Phi) is 2.61. The van der Waals surface area contributed by atoms with Crippen molar-refractivity contribution < 1.29 is 0 Å². The normalized spacial score (nSPS) is 25.7. The average Bonchev–Trinajstić information content (AvgIpc) is 2.81. The maximum absolute atomic E-state index is 4.38. The summed E-state index contributed by atoms with van der Waals surface area (Å²) in [5.41, 5.74) is 0. The van der Waals surface area contributed by atoms with Gasteiger partial charge in [-0.3, -0.25) is 0 Å². The number of aromatic nitrogens is 2. The molecule has 0 radical (unpaired) electrons. The van der Waals surface area contributed by atoms with Crippen LogP contribution in [0.15, 0.2) is 12.4 Å². The van der Waals surface area contributed by atoms with Crippen LogP contribution >= 0.6 is 11.8 Å². The van der Waals surface area contributed by atoms with Gasteiger partial charge in [0.2, 0.25) is 5.95 Å². The van der Waals surface area contributed by atoms with E-state index < -0.39 is 0 Å². The van der Waals surface area contributed by atoms with Gasteiger partial charge in [-0.25, -0.2) is 4.98 Å². The smallest absolute Gasteiger partial charge is 0.203 e. The van der Waals surface area contributed by atoms with Crippen molar-refractivity contribution in [2.45, 2.75) is 37.0 Å². The van der Waals surface area contributed by atoms with Crippen LogP contribution in [0.5, 0.6) is 0 Å². The molecule has 2 aliphatic rings. The second-order valence-corrected chi connectivity index (χ2v) is 5.81. The zero-order valence-electron chi connectivity index (χ0n) is 8.85. The lowest BCUT2D eigenvalue weighted by atomic mass is 10.2. The van der Waals surface area contributed by atoms with Crippen molar-refractivity contribution in [2.75, 3.05) is 17.6 Å². The van der Waals surface area contributed by atoms with Crippen LogP contribution in [0.25, 0.3) is 0 Å². The van der Waals surface area contributed by atoms with Gasteiger partial charge in [0, 0.05) is 30.2 Å². The van der Waals surface area contributed by atoms with Gasteiger partial charge < -0.3 is 9.88 Å². The summed E-state index contributed by atoms with van der Waals surface area (Å²) in [6, 6.07) is 0.728. The highest BCUT2D eigenvalue weighted by atomic mass is 32.2. The Hall–Kier alpha value is -0.640. The minimum atomic E-state index is 0.728. The highest BCUT2D eigenvalue weighted by molar-refractivity contribution is 8.00. The second-order valence-electron chi connectivity index (χ2n) is 4.41. The topological polar surface area (TPSA) is 29.9 Å². The summed E-state index contributed by atoms with van der Waals surface area (Å²) in [5.74, 6) is 2.41. The Labute approximate surface area is 94.7 Å². The fraction of sp³-hybridized carbons (Fsp3) is 0.727. The van der Waals surface area contributed by atoms with Crippen LogP contribution in [0.4, 0.5) is 5.95 Å². The van der Waals surface area contributed by atoms with Crippen molar-refractivity contribution in [2.24, 2.45) is 0 Å². The first-order valence-electron chi connectivity index (χ1n) is 5.82. The van der Waals surface area contributed by atoms with Gasteiger partial charge in [0.25, 0.3) is 0 Å². The van der Waals surface area contributed by atoms with E-state index in [9.17, 15) is 0 Å². The molecule has 0 spiro atoms. The molecule has 1 saturated heterocycles. The third-order valence-corrected chi connectivity index (χ3v) is 4.52. The molecule has 15 heavy (non-hydrogen) atoms. The minimum absolute atomic E-state index is 0.728. The first kappa shape index (κ1) is 9.58. The van der Waals surface area contributed by atoms with E-state index in [0.717, 1.165) is 23.8 Å². The van der Waals surface area contributed by atoms with Gasteiger partial charge in [-0.1, -0.05) is 0 Å². The summed E-state index contributed by atoms with van der Waals surface area (Å²) in [4.78, 5) is 4.38. The Bertz CT molecular complexity index is 326. The van der Waals surface area contributed by atoms with E-state index in [4.69, 9.17) is 0 Å². The van der Waals surface area contributed by atoms with E-state index in [1.165, 1.54) is 31.4 Å². The number of hydrogen-bond donors (Lipinski definition) is 1. The fourth-order valence-corrected chi connectivity index (χ4v) is 3.31. The van der Waals surface area contributed by atoms with Crippen LogP contribution in [0.3, 0.4) is 0 Å². The van der Waals surface area contributed by atoms with Gasteiger partial charge in [-0.2, -0.15) is 11.8 Å². The Morgan fingerprint density at radius 1 is 1.47 bits per heavy atom. The first-order valence-corrected chi connectivity index (χ1v) is 6.86. The molecule has 1 atom stereocenters. The maximum Gasteiger partial charge on any atom is 0.203 e. The van der Waals surface area contributed by atoms with Gasteiger partial charge in [0.05, 0.1) is 0 Å². The number of hydrogen-bond acceptors (Lipinski definition) is 3. The Balaban J connectivity index is 1.58. The van der Waals surface area contributed by atoms with E-state index in [1.54, 1.807) is 0 Å². The number of imidazole rings is 1. The molecule has 3 rings (SSSR count). The fourth-order valence-electron chi connectivity index (χ4n) is 2.11. The van der Waals surface area contributed by atoms with E-state index in [1.807, 2.05) is 6.20 Å². The maximum atomic E-state index is 4.38. The van der Waals surface area contributed by atoms with Crippen LogP contribution in [0.2, 0.25) is 0 Å². The van der Waals surface area contributed by atoms with Crippen molar-refractivity contribution in [3.8, 4) is 0 Å². The SMILES string of the molecule is c1cn(C2CC2)c(NCC2CCCS2)n1. The second kappa shape index (κ2) is 4.08. The molecule has 2 heterocycles. The van der Waals surface area contributed by atoms with Gasteiger partial charge in [0.1, 0.15) is 0 Å². The molecule has 1 aliphatic heterocycles. The number of anilines is 1.